The van der Waals surface area contributed by atoms with Crippen LogP contribution < -0.4 is 11.0 Å². The van der Waals surface area contributed by atoms with E-state index in [-0.39, 0.29) is 43.0 Å². The van der Waals surface area contributed by atoms with E-state index >= 15 is 0 Å². The summed E-state index contributed by atoms with van der Waals surface area (Å²) in [6.07, 6.45) is 4.92. The summed E-state index contributed by atoms with van der Waals surface area (Å²) in [6.45, 7) is 7.10. The van der Waals surface area contributed by atoms with Crippen molar-refractivity contribution >= 4 is 38.6 Å². The van der Waals surface area contributed by atoms with Crippen LogP contribution in [0.2, 0.25) is 0 Å². The van der Waals surface area contributed by atoms with Gasteiger partial charge >= 0.3 is 5.69 Å². The summed E-state index contributed by atoms with van der Waals surface area (Å²) >= 11 is 3.51. The highest BCUT2D eigenvalue weighted by atomic mass is 79.9. The Labute approximate surface area is 285 Å². The minimum absolute atomic E-state index is 0.0909. The predicted molar refractivity (Wildman–Crippen MR) is 186 cm³/mol. The number of nitrogens with zero attached hydrogens (tertiary/aromatic N) is 7. The third kappa shape index (κ3) is 5.51. The van der Waals surface area contributed by atoms with Gasteiger partial charge in [0.2, 0.25) is 0 Å². The van der Waals surface area contributed by atoms with Gasteiger partial charge in [-0.05, 0) is 74.4 Å². The number of aryl methyl sites for hydroxylation is 2. The molecule has 1 atom stereocenters. The number of halogens is 1. The van der Waals surface area contributed by atoms with Gasteiger partial charge in [-0.2, -0.15) is 5.10 Å². The minimum atomic E-state index is -0.427. The lowest BCUT2D eigenvalue weighted by Gasteiger charge is -2.34. The van der Waals surface area contributed by atoms with E-state index in [0.717, 1.165) is 37.8 Å². The Balaban J connectivity index is 1.30. The molecule has 0 saturated heterocycles. The molecule has 0 saturated carbocycles. The van der Waals surface area contributed by atoms with Gasteiger partial charge in [0, 0.05) is 52.9 Å². The van der Waals surface area contributed by atoms with E-state index in [4.69, 9.17) is 0 Å². The molecule has 1 aliphatic heterocycles. The molecule has 12 heteroatoms. The third-order valence-corrected chi connectivity index (χ3v) is 9.81. The number of benzene rings is 3. The average molecular weight is 706 g/mol. The maximum absolute atomic E-state index is 14.3. The maximum Gasteiger partial charge on any atom is 0.333 e. The SMILES string of the molecule is CCn1ncc2cc(-n3c(C(=O)NCc4ccccc4-c4ccncn4)c4n(c3=O)C[C@@H](C)N(C(=O)c3ccc(Br)c(C)c3)C4)ccc21. The molecule has 242 valence electrons. The van der Waals surface area contributed by atoms with Gasteiger partial charge in [0.1, 0.15) is 12.0 Å². The molecule has 48 heavy (non-hydrogen) atoms. The standard InChI is InChI=1S/C36H33BrN8O3/c1-4-44-31-12-10-27(16-26(31)18-41-44)45-33(34(46)39-17-25-7-5-6-8-28(25)30-13-14-38-21-40-30)32-20-42(23(3)19-43(32)36(45)48)35(47)24-9-11-29(37)22(2)15-24/h5-16,18,21,23H,4,17,19-20H2,1-3H3,(H,39,46)/t23-/m1/s1. The van der Waals surface area contributed by atoms with Gasteiger partial charge in [-0.15, -0.1) is 0 Å². The summed E-state index contributed by atoms with van der Waals surface area (Å²) in [5.74, 6) is -0.591. The highest BCUT2D eigenvalue weighted by molar-refractivity contribution is 9.10. The average Bonchev–Trinajstić information content (AvgIpc) is 3.65. The number of imidazole rings is 1. The highest BCUT2D eigenvalue weighted by Gasteiger charge is 2.35. The van der Waals surface area contributed by atoms with E-state index < -0.39 is 5.91 Å². The number of carbonyl (C=O) groups excluding carboxylic acids is 2. The number of hydrogen-bond acceptors (Lipinski definition) is 6. The van der Waals surface area contributed by atoms with Crippen LogP contribution in [0.25, 0.3) is 27.8 Å². The zero-order valence-corrected chi connectivity index (χ0v) is 28.3. The van der Waals surface area contributed by atoms with Crippen LogP contribution in [-0.4, -0.2) is 51.6 Å². The molecule has 2 amide bonds. The first-order chi connectivity index (χ1) is 23.2. The molecule has 3 aromatic heterocycles. The number of amides is 2. The molecule has 1 N–H and O–H groups in total. The van der Waals surface area contributed by atoms with Crippen molar-refractivity contribution in [1.82, 2.24) is 39.1 Å². The topological polar surface area (TPSA) is 120 Å². The van der Waals surface area contributed by atoms with E-state index in [1.807, 2.05) is 86.1 Å². The minimum Gasteiger partial charge on any atom is -0.347 e. The predicted octanol–water partition coefficient (Wildman–Crippen LogP) is 5.51. The molecule has 0 unspecified atom stereocenters. The van der Waals surface area contributed by atoms with Crippen molar-refractivity contribution in [1.29, 1.82) is 0 Å². The van der Waals surface area contributed by atoms with Crippen LogP contribution in [0, 0.1) is 6.92 Å². The molecular formula is C36H33BrN8O3. The fourth-order valence-corrected chi connectivity index (χ4v) is 6.65. The zero-order chi connectivity index (χ0) is 33.5. The van der Waals surface area contributed by atoms with Crippen LogP contribution in [0.5, 0.6) is 0 Å². The summed E-state index contributed by atoms with van der Waals surface area (Å²) in [5, 5.41) is 8.38. The van der Waals surface area contributed by atoms with Crippen LogP contribution in [0.1, 0.15) is 51.5 Å². The molecule has 1 aliphatic rings. The third-order valence-electron chi connectivity index (χ3n) is 8.92. The van der Waals surface area contributed by atoms with Crippen molar-refractivity contribution in [2.24, 2.45) is 0 Å². The van der Waals surface area contributed by atoms with Crippen LogP contribution in [0.3, 0.4) is 0 Å². The molecule has 0 spiro atoms. The number of fused-ring (bicyclic) bond motifs is 2. The lowest BCUT2D eigenvalue weighted by molar-refractivity contribution is 0.0610. The Morgan fingerprint density at radius 3 is 2.67 bits per heavy atom. The van der Waals surface area contributed by atoms with Gasteiger partial charge in [-0.3, -0.25) is 23.4 Å². The van der Waals surface area contributed by atoms with E-state index in [9.17, 15) is 14.4 Å². The quantitative estimate of drug-likeness (QED) is 0.234. The fourth-order valence-electron chi connectivity index (χ4n) is 6.40. The van der Waals surface area contributed by atoms with Gasteiger partial charge in [-0.1, -0.05) is 40.2 Å². The largest absolute Gasteiger partial charge is 0.347 e. The van der Waals surface area contributed by atoms with Crippen molar-refractivity contribution in [2.75, 3.05) is 0 Å². The number of aromatic nitrogens is 6. The van der Waals surface area contributed by atoms with Gasteiger partial charge in [-0.25, -0.2) is 14.8 Å². The normalized spacial score (nSPS) is 14.2. The van der Waals surface area contributed by atoms with E-state index in [1.54, 1.807) is 27.9 Å². The number of rotatable bonds is 7. The first kappa shape index (κ1) is 31.3. The van der Waals surface area contributed by atoms with E-state index in [0.29, 0.717) is 23.5 Å². The molecule has 3 aromatic carbocycles. The smallest absolute Gasteiger partial charge is 0.333 e. The molecular weight excluding hydrogens is 672 g/mol. The molecule has 11 nitrogen and oxygen atoms in total. The van der Waals surface area contributed by atoms with Crippen LogP contribution in [-0.2, 0) is 26.2 Å². The summed E-state index contributed by atoms with van der Waals surface area (Å²) in [5.41, 5.74) is 5.76. The maximum atomic E-state index is 14.3. The number of carbonyl (C=O) groups is 2. The lowest BCUT2D eigenvalue weighted by atomic mass is 10.0. The zero-order valence-electron chi connectivity index (χ0n) is 26.7. The van der Waals surface area contributed by atoms with Crippen LogP contribution in [0.15, 0.2) is 94.7 Å². The van der Waals surface area contributed by atoms with Crippen molar-refractivity contribution in [2.45, 2.75) is 53.0 Å². The molecule has 0 bridgehead atoms. The molecule has 0 radical (unpaired) electrons. The Morgan fingerprint density at radius 1 is 1.06 bits per heavy atom. The number of nitrogens with one attached hydrogen (secondary N) is 1. The molecule has 4 heterocycles. The van der Waals surface area contributed by atoms with E-state index in [1.165, 1.54) is 10.9 Å². The summed E-state index contributed by atoms with van der Waals surface area (Å²) < 4.78 is 5.89. The Morgan fingerprint density at radius 2 is 1.90 bits per heavy atom. The van der Waals surface area contributed by atoms with Crippen LogP contribution >= 0.6 is 15.9 Å². The van der Waals surface area contributed by atoms with Crippen molar-refractivity contribution < 1.29 is 9.59 Å². The molecule has 0 fully saturated rings. The Kier molecular flexibility index (Phi) is 8.26. The molecule has 7 rings (SSSR count). The Hall–Kier alpha value is -5.36. The van der Waals surface area contributed by atoms with E-state index in [2.05, 4.69) is 36.3 Å². The second kappa shape index (κ2) is 12.7. The van der Waals surface area contributed by atoms with Gasteiger partial charge in [0.15, 0.2) is 0 Å². The molecule has 6 aromatic rings. The first-order valence-electron chi connectivity index (χ1n) is 15.7. The molecule has 0 aliphatic carbocycles. The van der Waals surface area contributed by atoms with Gasteiger partial charge in [0.05, 0.1) is 35.3 Å². The lowest BCUT2D eigenvalue weighted by Crippen LogP contribution is -2.47. The highest BCUT2D eigenvalue weighted by Crippen LogP contribution is 2.28. The Bertz CT molecular complexity index is 2260. The summed E-state index contributed by atoms with van der Waals surface area (Å²) in [7, 11) is 0. The summed E-state index contributed by atoms with van der Waals surface area (Å²) in [6, 6.07) is 20.3. The van der Waals surface area contributed by atoms with Gasteiger partial charge in [0.25, 0.3) is 11.8 Å². The second-order valence-corrected chi connectivity index (χ2v) is 12.8. The van der Waals surface area contributed by atoms with Crippen molar-refractivity contribution in [3.63, 3.8) is 0 Å². The second-order valence-electron chi connectivity index (χ2n) is 11.9. The number of hydrogen-bond donors (Lipinski definition) is 1. The van der Waals surface area contributed by atoms with Crippen LogP contribution in [0.4, 0.5) is 0 Å². The van der Waals surface area contributed by atoms with Crippen molar-refractivity contribution in [3.8, 4) is 16.9 Å². The van der Waals surface area contributed by atoms with Crippen molar-refractivity contribution in [3.05, 3.63) is 128 Å². The first-order valence-corrected chi connectivity index (χ1v) is 16.5. The van der Waals surface area contributed by atoms with Gasteiger partial charge < -0.3 is 10.2 Å². The fraction of sp³-hybridized carbons (Fsp3) is 0.222. The monoisotopic (exact) mass is 704 g/mol. The summed E-state index contributed by atoms with van der Waals surface area (Å²) in [4.78, 5) is 52.6.